The summed E-state index contributed by atoms with van der Waals surface area (Å²) in [6, 6.07) is 15.1. The van der Waals surface area contributed by atoms with Gasteiger partial charge in [-0.1, -0.05) is 48.2 Å². The van der Waals surface area contributed by atoms with Crippen molar-refractivity contribution in [2.75, 3.05) is 18.3 Å². The average Bonchev–Trinajstić information content (AvgIpc) is 2.91. The van der Waals surface area contributed by atoms with E-state index in [4.69, 9.17) is 9.47 Å². The third kappa shape index (κ3) is 3.86. The smallest absolute Gasteiger partial charge is 0.247 e. The molecule has 1 aliphatic heterocycles. The van der Waals surface area contributed by atoms with E-state index in [2.05, 4.69) is 15.2 Å². The summed E-state index contributed by atoms with van der Waals surface area (Å²) in [6.07, 6.45) is 4.91. The van der Waals surface area contributed by atoms with Crippen LogP contribution in [0.4, 0.5) is 5.69 Å². The highest BCUT2D eigenvalue weighted by molar-refractivity contribution is 7.98. The first-order valence-electron chi connectivity index (χ1n) is 9.27. The molecule has 30 heavy (non-hydrogen) atoms. The number of carbonyl (C=O) groups excluding carboxylic acids is 1. The first kappa shape index (κ1) is 19.9. The molecule has 0 spiro atoms. The molecule has 4 rings (SSSR count). The van der Waals surface area contributed by atoms with Gasteiger partial charge in [0.1, 0.15) is 5.75 Å². The van der Waals surface area contributed by atoms with Gasteiger partial charge in [0.05, 0.1) is 12.8 Å². The molecule has 0 fully saturated rings. The molecule has 1 aromatic heterocycles. The van der Waals surface area contributed by atoms with Crippen LogP contribution in [0.2, 0.25) is 0 Å². The normalized spacial score (nSPS) is 15.2. The molecule has 0 N–H and O–H groups in total. The molecule has 1 amide bonds. The van der Waals surface area contributed by atoms with Crippen molar-refractivity contribution < 1.29 is 14.3 Å². The highest BCUT2D eigenvalue weighted by Crippen LogP contribution is 2.39. The summed E-state index contributed by atoms with van der Waals surface area (Å²) in [4.78, 5) is 18.7. The SMILES string of the molecule is COc1ccc(/C=C/[C@@H]2Oc3nc(SC)nnc3-c3ccccc3N2C(C)=O)cc1. The molecule has 0 radical (unpaired) electrons. The molecular formula is C22H20N4O3S. The molecule has 1 atom stereocenters. The Labute approximate surface area is 178 Å². The van der Waals surface area contributed by atoms with Crippen LogP contribution in [0.1, 0.15) is 12.5 Å². The maximum absolute atomic E-state index is 12.6. The number of rotatable bonds is 4. The fourth-order valence-corrected chi connectivity index (χ4v) is 3.50. The molecule has 2 heterocycles. The number of hydrogen-bond acceptors (Lipinski definition) is 7. The second-order valence-corrected chi connectivity index (χ2v) is 7.27. The number of thioether (sulfide) groups is 1. The van der Waals surface area contributed by atoms with Crippen LogP contribution in [0.5, 0.6) is 11.6 Å². The lowest BCUT2D eigenvalue weighted by atomic mass is 10.1. The van der Waals surface area contributed by atoms with Crippen LogP contribution < -0.4 is 14.4 Å². The molecule has 0 bridgehead atoms. The molecular weight excluding hydrogens is 400 g/mol. The topological polar surface area (TPSA) is 77.4 Å². The Kier molecular flexibility index (Phi) is 5.67. The monoisotopic (exact) mass is 420 g/mol. The van der Waals surface area contributed by atoms with Gasteiger partial charge in [-0.2, -0.15) is 4.98 Å². The van der Waals surface area contributed by atoms with Gasteiger partial charge < -0.3 is 9.47 Å². The molecule has 0 saturated heterocycles. The second-order valence-electron chi connectivity index (χ2n) is 6.50. The van der Waals surface area contributed by atoms with E-state index >= 15 is 0 Å². The zero-order valence-corrected chi connectivity index (χ0v) is 17.6. The van der Waals surface area contributed by atoms with Crippen LogP contribution in [0, 0.1) is 0 Å². The number of hydrogen-bond donors (Lipinski definition) is 0. The van der Waals surface area contributed by atoms with Gasteiger partial charge in [-0.05, 0) is 36.1 Å². The van der Waals surface area contributed by atoms with Gasteiger partial charge >= 0.3 is 0 Å². The van der Waals surface area contributed by atoms with E-state index in [1.807, 2.05) is 66.9 Å². The molecule has 3 aromatic rings. The molecule has 8 heteroatoms. The summed E-state index contributed by atoms with van der Waals surface area (Å²) < 4.78 is 11.4. The van der Waals surface area contributed by atoms with E-state index in [-0.39, 0.29) is 5.91 Å². The van der Waals surface area contributed by atoms with Crippen molar-refractivity contribution in [3.63, 3.8) is 0 Å². The second kappa shape index (κ2) is 8.54. The standard InChI is InChI=1S/C22H20N4O3S/c1-14(27)26-18-7-5-4-6-17(18)20-21(23-22(30-3)25-24-20)29-19(26)13-10-15-8-11-16(28-2)12-9-15/h4-13,19H,1-3H3/b13-10+/t19-/m0/s1. The molecule has 2 aromatic carbocycles. The molecule has 0 aliphatic carbocycles. The van der Waals surface area contributed by atoms with Crippen LogP contribution in [-0.2, 0) is 4.79 Å². The number of fused-ring (bicyclic) bond motifs is 3. The van der Waals surface area contributed by atoms with E-state index in [0.29, 0.717) is 22.4 Å². The highest BCUT2D eigenvalue weighted by Gasteiger charge is 2.31. The van der Waals surface area contributed by atoms with Gasteiger partial charge in [0.2, 0.25) is 16.9 Å². The third-order valence-corrected chi connectivity index (χ3v) is 5.17. The van der Waals surface area contributed by atoms with Crippen LogP contribution in [0.3, 0.4) is 0 Å². The predicted molar refractivity (Wildman–Crippen MR) is 117 cm³/mol. The lowest BCUT2D eigenvalue weighted by Crippen LogP contribution is -2.41. The Morgan fingerprint density at radius 3 is 2.63 bits per heavy atom. The predicted octanol–water partition coefficient (Wildman–Crippen LogP) is 4.05. The van der Waals surface area contributed by atoms with E-state index in [1.165, 1.54) is 18.7 Å². The number of carbonyl (C=O) groups is 1. The quantitative estimate of drug-likeness (QED) is 0.589. The maximum atomic E-state index is 12.6. The minimum absolute atomic E-state index is 0.155. The number of anilines is 1. The van der Waals surface area contributed by atoms with E-state index in [1.54, 1.807) is 12.0 Å². The van der Waals surface area contributed by atoms with Crippen molar-refractivity contribution in [3.8, 4) is 22.9 Å². The van der Waals surface area contributed by atoms with Crippen LogP contribution in [0.15, 0.2) is 59.8 Å². The molecule has 1 aliphatic rings. The Bertz CT molecular complexity index is 1100. The highest BCUT2D eigenvalue weighted by atomic mass is 32.2. The summed E-state index contributed by atoms with van der Waals surface area (Å²) in [7, 11) is 1.63. The number of benzene rings is 2. The maximum Gasteiger partial charge on any atom is 0.247 e. The summed E-state index contributed by atoms with van der Waals surface area (Å²) in [5, 5.41) is 8.97. The van der Waals surface area contributed by atoms with Gasteiger partial charge in [0, 0.05) is 12.5 Å². The van der Waals surface area contributed by atoms with Crippen LogP contribution in [0.25, 0.3) is 17.3 Å². The van der Waals surface area contributed by atoms with Crippen molar-refractivity contribution in [2.24, 2.45) is 0 Å². The van der Waals surface area contributed by atoms with Gasteiger partial charge in [-0.3, -0.25) is 9.69 Å². The van der Waals surface area contributed by atoms with Crippen molar-refractivity contribution in [2.45, 2.75) is 18.3 Å². The Balaban J connectivity index is 1.80. The minimum atomic E-state index is -0.696. The lowest BCUT2D eigenvalue weighted by molar-refractivity contribution is -0.117. The van der Waals surface area contributed by atoms with Crippen LogP contribution >= 0.6 is 11.8 Å². The lowest BCUT2D eigenvalue weighted by Gasteiger charge is -2.27. The van der Waals surface area contributed by atoms with Crippen molar-refractivity contribution in [1.82, 2.24) is 15.2 Å². The summed E-state index contributed by atoms with van der Waals surface area (Å²) in [5.41, 5.74) is 2.90. The van der Waals surface area contributed by atoms with Gasteiger partial charge in [0.25, 0.3) is 0 Å². The summed E-state index contributed by atoms with van der Waals surface area (Å²) in [5.74, 6) is 0.964. The number of nitrogens with zero attached hydrogens (tertiary/aromatic N) is 4. The molecule has 152 valence electrons. The number of para-hydroxylation sites is 1. The van der Waals surface area contributed by atoms with Crippen molar-refractivity contribution in [3.05, 3.63) is 60.2 Å². The fourth-order valence-electron chi connectivity index (χ4n) is 3.21. The number of aromatic nitrogens is 3. The number of methoxy groups -OCH3 is 1. The zero-order valence-electron chi connectivity index (χ0n) is 16.8. The van der Waals surface area contributed by atoms with Crippen molar-refractivity contribution in [1.29, 1.82) is 0 Å². The molecule has 7 nitrogen and oxygen atoms in total. The van der Waals surface area contributed by atoms with Gasteiger partial charge in [-0.25, -0.2) is 0 Å². The molecule has 0 unspecified atom stereocenters. The summed E-state index contributed by atoms with van der Waals surface area (Å²) in [6.45, 7) is 1.51. The van der Waals surface area contributed by atoms with E-state index in [9.17, 15) is 4.79 Å². The number of amides is 1. The first-order valence-corrected chi connectivity index (χ1v) is 10.5. The molecule has 0 saturated carbocycles. The Morgan fingerprint density at radius 1 is 1.17 bits per heavy atom. The first-order chi connectivity index (χ1) is 14.6. The third-order valence-electron chi connectivity index (χ3n) is 4.63. The average molecular weight is 420 g/mol. The zero-order chi connectivity index (χ0) is 21.1. The summed E-state index contributed by atoms with van der Waals surface area (Å²) >= 11 is 1.38. The number of ether oxygens (including phenoxy) is 2. The van der Waals surface area contributed by atoms with Gasteiger partial charge in [-0.15, -0.1) is 10.2 Å². The van der Waals surface area contributed by atoms with Crippen molar-refractivity contribution >= 4 is 29.4 Å². The van der Waals surface area contributed by atoms with E-state index in [0.717, 1.165) is 16.9 Å². The fraction of sp³-hybridized carbons (Fsp3) is 0.182. The minimum Gasteiger partial charge on any atom is -0.497 e. The largest absolute Gasteiger partial charge is 0.497 e. The Morgan fingerprint density at radius 2 is 1.93 bits per heavy atom. The van der Waals surface area contributed by atoms with Gasteiger partial charge in [0.15, 0.2) is 11.9 Å². The Hall–Kier alpha value is -3.39. The van der Waals surface area contributed by atoms with Crippen LogP contribution in [-0.4, -0.2) is 40.7 Å². The van der Waals surface area contributed by atoms with E-state index < -0.39 is 6.23 Å².